The van der Waals surface area contributed by atoms with Gasteiger partial charge in [0.25, 0.3) is 10.1 Å². The van der Waals surface area contributed by atoms with Gasteiger partial charge in [-0.15, -0.1) is 0 Å². The Balaban J connectivity index is 0.000000514. The van der Waals surface area contributed by atoms with E-state index in [1.807, 2.05) is 54.6 Å². The van der Waals surface area contributed by atoms with Gasteiger partial charge >= 0.3 is 0 Å². The van der Waals surface area contributed by atoms with Gasteiger partial charge in [-0.1, -0.05) is 54.6 Å². The van der Waals surface area contributed by atoms with Gasteiger partial charge in [0, 0.05) is 29.7 Å². The van der Waals surface area contributed by atoms with Crippen molar-refractivity contribution in [2.45, 2.75) is 31.6 Å². The Morgan fingerprint density at radius 1 is 1.08 bits per heavy atom. The lowest BCUT2D eigenvalue weighted by Crippen LogP contribution is -2.45. The minimum absolute atomic E-state index is 0.0197. The van der Waals surface area contributed by atoms with Crippen LogP contribution in [0.5, 0.6) is 5.75 Å². The van der Waals surface area contributed by atoms with Crippen LogP contribution in [0.1, 0.15) is 28.5 Å². The molecule has 0 aliphatic carbocycles. The van der Waals surface area contributed by atoms with E-state index >= 15 is 0 Å². The van der Waals surface area contributed by atoms with Crippen molar-refractivity contribution in [2.75, 3.05) is 26.0 Å². The number of rotatable bonds is 4. The van der Waals surface area contributed by atoms with Crippen LogP contribution in [0.4, 0.5) is 0 Å². The number of para-hydroxylation sites is 1. The number of ether oxygens (including phenoxy) is 2. The second kappa shape index (κ2) is 10.3. The molecule has 8 nitrogen and oxygen atoms in total. The smallest absolute Gasteiger partial charge is 0.261 e. The first-order chi connectivity index (χ1) is 17.7. The molecule has 0 bridgehead atoms. The lowest BCUT2D eigenvalue weighted by Gasteiger charge is -2.37. The number of nitrogens with one attached hydrogen (secondary N) is 1. The summed E-state index contributed by atoms with van der Waals surface area (Å²) in [6.45, 7) is 4.46. The van der Waals surface area contributed by atoms with Crippen LogP contribution in [0, 0.1) is 6.92 Å². The van der Waals surface area contributed by atoms with E-state index < -0.39 is 16.2 Å². The molecule has 3 aromatic carbocycles. The van der Waals surface area contributed by atoms with E-state index in [9.17, 15) is 13.2 Å². The van der Waals surface area contributed by atoms with E-state index in [0.717, 1.165) is 46.2 Å². The van der Waals surface area contributed by atoms with Gasteiger partial charge in [-0.25, -0.2) is 0 Å². The molecule has 1 saturated heterocycles. The Labute approximate surface area is 215 Å². The van der Waals surface area contributed by atoms with Gasteiger partial charge in [0.05, 0.1) is 30.5 Å². The number of ketones is 1. The molecular formula is C28H30N2O6S. The number of hydrogen-bond donors (Lipinski definition) is 2. The van der Waals surface area contributed by atoms with Crippen LogP contribution in [0.3, 0.4) is 0 Å². The number of carbonyl (C=O) groups is 1. The van der Waals surface area contributed by atoms with Crippen LogP contribution in [-0.4, -0.2) is 61.5 Å². The number of aromatic nitrogens is 1. The summed E-state index contributed by atoms with van der Waals surface area (Å²) in [4.78, 5) is 14.0. The molecule has 3 atom stereocenters. The molecule has 1 aromatic heterocycles. The Kier molecular flexibility index (Phi) is 7.04. The van der Waals surface area contributed by atoms with Crippen molar-refractivity contribution in [2.24, 2.45) is 0 Å². The van der Waals surface area contributed by atoms with Gasteiger partial charge in [-0.05, 0) is 36.2 Å². The summed E-state index contributed by atoms with van der Waals surface area (Å²) in [5, 5.41) is 6.58. The van der Waals surface area contributed by atoms with Gasteiger partial charge in [0.15, 0.2) is 6.10 Å². The van der Waals surface area contributed by atoms with Crippen LogP contribution in [-0.2, 0) is 14.9 Å². The first-order valence-corrected chi connectivity index (χ1v) is 14.1. The fourth-order valence-corrected chi connectivity index (χ4v) is 5.35. The largest absolute Gasteiger partial charge is 0.478 e. The average Bonchev–Trinajstić information content (AvgIpc) is 3.21. The van der Waals surface area contributed by atoms with Crippen LogP contribution in [0.25, 0.3) is 21.7 Å². The van der Waals surface area contributed by atoms with E-state index in [1.54, 1.807) is 0 Å². The number of Topliss-reactive ketones (excluding diaryl/α,β-unsaturated/α-hetero) is 1. The summed E-state index contributed by atoms with van der Waals surface area (Å²) in [5.41, 5.74) is 2.92. The summed E-state index contributed by atoms with van der Waals surface area (Å²) in [5.74, 6) is 0.791. The van der Waals surface area contributed by atoms with E-state index in [4.69, 9.17) is 14.0 Å². The van der Waals surface area contributed by atoms with Crippen LogP contribution in [0.15, 0.2) is 66.7 Å². The van der Waals surface area contributed by atoms with Crippen molar-refractivity contribution in [1.82, 2.24) is 9.88 Å². The number of aryl methyl sites for hydroxylation is 1. The maximum Gasteiger partial charge on any atom is 0.261 e. The lowest BCUT2D eigenvalue weighted by molar-refractivity contribution is 0.000611. The third-order valence-electron chi connectivity index (χ3n) is 6.77. The predicted molar refractivity (Wildman–Crippen MR) is 143 cm³/mol. The minimum atomic E-state index is -3.67. The normalized spacial score (nSPS) is 21.2. The average molecular weight is 523 g/mol. The molecule has 37 heavy (non-hydrogen) atoms. The molecule has 4 aromatic rings. The molecule has 0 amide bonds. The predicted octanol–water partition coefficient (Wildman–Crippen LogP) is 4.17. The Morgan fingerprint density at radius 3 is 2.54 bits per heavy atom. The monoisotopic (exact) mass is 522 g/mol. The molecule has 6 rings (SSSR count). The molecule has 2 unspecified atom stereocenters. The van der Waals surface area contributed by atoms with Crippen molar-refractivity contribution in [3.8, 4) is 5.75 Å². The van der Waals surface area contributed by atoms with Crippen molar-refractivity contribution in [1.29, 1.82) is 0 Å². The SMILES string of the molecule is CS(=O)(=O)O.Cc1cc2cccc3c2n1C(CC1CNCCO1)[C@H](C(=O)c1cccc2ccccc12)O3. The number of hydrogen-bond acceptors (Lipinski definition) is 6. The van der Waals surface area contributed by atoms with Gasteiger partial charge in [0.2, 0.25) is 5.78 Å². The highest BCUT2D eigenvalue weighted by molar-refractivity contribution is 7.85. The van der Waals surface area contributed by atoms with E-state index in [-0.39, 0.29) is 17.9 Å². The number of nitrogens with zero attached hydrogens (tertiary/aromatic N) is 1. The number of benzene rings is 3. The summed E-state index contributed by atoms with van der Waals surface area (Å²) >= 11 is 0. The molecule has 0 spiro atoms. The van der Waals surface area contributed by atoms with Crippen molar-refractivity contribution in [3.05, 3.63) is 78.0 Å². The van der Waals surface area contributed by atoms with Crippen LogP contribution >= 0.6 is 0 Å². The zero-order valence-electron chi connectivity index (χ0n) is 20.8. The highest BCUT2D eigenvalue weighted by Gasteiger charge is 2.40. The van der Waals surface area contributed by atoms with Gasteiger partial charge in [-0.3, -0.25) is 9.35 Å². The first-order valence-electron chi connectivity index (χ1n) is 12.2. The van der Waals surface area contributed by atoms with E-state index in [1.165, 1.54) is 0 Å². The maximum absolute atomic E-state index is 14.0. The minimum Gasteiger partial charge on any atom is -0.478 e. The van der Waals surface area contributed by atoms with E-state index in [0.29, 0.717) is 24.8 Å². The summed E-state index contributed by atoms with van der Waals surface area (Å²) < 4.78 is 40.7. The topological polar surface area (TPSA) is 107 Å². The van der Waals surface area contributed by atoms with Gasteiger partial charge in [0.1, 0.15) is 5.75 Å². The Morgan fingerprint density at radius 2 is 1.78 bits per heavy atom. The molecule has 0 radical (unpaired) electrons. The highest BCUT2D eigenvalue weighted by Crippen LogP contribution is 2.41. The summed E-state index contributed by atoms with van der Waals surface area (Å²) in [6, 6.07) is 22.1. The molecule has 2 aliphatic heterocycles. The second-order valence-corrected chi connectivity index (χ2v) is 11.0. The van der Waals surface area contributed by atoms with Crippen molar-refractivity contribution >= 4 is 37.6 Å². The van der Waals surface area contributed by atoms with Crippen molar-refractivity contribution < 1.29 is 27.2 Å². The fourth-order valence-electron chi connectivity index (χ4n) is 5.35. The van der Waals surface area contributed by atoms with Gasteiger partial charge in [-0.2, -0.15) is 8.42 Å². The number of morpholine rings is 1. The molecular weight excluding hydrogens is 492 g/mol. The molecule has 194 valence electrons. The number of carbonyl (C=O) groups excluding carboxylic acids is 1. The molecule has 2 aliphatic rings. The van der Waals surface area contributed by atoms with Crippen LogP contribution < -0.4 is 10.1 Å². The first kappa shape index (κ1) is 25.4. The van der Waals surface area contributed by atoms with Gasteiger partial charge < -0.3 is 19.4 Å². The van der Waals surface area contributed by atoms with Crippen LogP contribution in [0.2, 0.25) is 0 Å². The number of fused-ring (bicyclic) bond motifs is 1. The highest BCUT2D eigenvalue weighted by atomic mass is 32.2. The Bertz CT molecular complexity index is 1540. The van der Waals surface area contributed by atoms with Crippen molar-refractivity contribution in [3.63, 3.8) is 0 Å². The molecule has 2 N–H and O–H groups in total. The molecule has 3 heterocycles. The maximum atomic E-state index is 14.0. The third-order valence-corrected chi connectivity index (χ3v) is 6.77. The zero-order chi connectivity index (χ0) is 26.2. The Hall–Kier alpha value is -3.24. The fraction of sp³-hybridized carbons (Fsp3) is 0.321. The molecule has 1 fully saturated rings. The second-order valence-electron chi connectivity index (χ2n) is 9.51. The molecule has 9 heteroatoms. The third kappa shape index (κ3) is 5.40. The lowest BCUT2D eigenvalue weighted by atomic mass is 9.91. The molecule has 0 saturated carbocycles. The summed E-state index contributed by atoms with van der Waals surface area (Å²) in [7, 11) is -3.67. The summed E-state index contributed by atoms with van der Waals surface area (Å²) in [6.07, 6.45) is 0.859. The standard InChI is InChI=1S/C27H26N2O3.CH4O3S/c1-17-14-19-8-5-11-24-25(19)29(17)23(15-20-16-28-12-13-31-20)27(32-24)26(30)22-10-4-7-18-6-2-3-9-21(18)22;1-5(2,3)4/h2-11,14,20,23,27-28H,12-13,15-16H2,1H3;1H3,(H,2,3,4)/t20?,23?,27-;/m1./s1. The van der Waals surface area contributed by atoms with E-state index in [2.05, 4.69) is 28.9 Å². The quantitative estimate of drug-likeness (QED) is 0.306. The zero-order valence-corrected chi connectivity index (χ0v) is 21.6.